The highest BCUT2D eigenvalue weighted by Crippen LogP contribution is 2.38. The van der Waals surface area contributed by atoms with E-state index in [2.05, 4.69) is 19.1 Å². The number of rotatable bonds is 2. The molecule has 1 nitrogen and oxygen atoms in total. The first kappa shape index (κ1) is 11.0. The molecule has 1 aromatic rings. The van der Waals surface area contributed by atoms with E-state index in [1.54, 1.807) is 0 Å². The van der Waals surface area contributed by atoms with Gasteiger partial charge in [0.05, 0.1) is 0 Å². The average molecular weight is 218 g/mol. The fraction of sp³-hybridized carbons (Fsp3) is 0.600. The molecule has 1 aliphatic rings. The maximum Gasteiger partial charge on any atom is 0.0418 e. The van der Waals surface area contributed by atoms with Gasteiger partial charge in [0.2, 0.25) is 0 Å². The Labute approximate surface area is 89.7 Å². The number of hydrogen-bond acceptors (Lipinski definition) is 2. The molecule has 74 valence electrons. The molecule has 1 aromatic heterocycles. The summed E-state index contributed by atoms with van der Waals surface area (Å²) in [5.41, 5.74) is 6.12. The van der Waals surface area contributed by atoms with E-state index in [0.29, 0.717) is 6.04 Å². The molecule has 0 spiro atoms. The predicted octanol–water partition coefficient (Wildman–Crippen LogP) is 3.28. The molecular weight excluding hydrogens is 202 g/mol. The zero-order chi connectivity index (χ0) is 8.55. The number of hydrogen-bond donors (Lipinski definition) is 1. The molecule has 0 radical (unpaired) electrons. The second-order valence-corrected chi connectivity index (χ2v) is 4.98. The lowest BCUT2D eigenvalue weighted by atomic mass is 9.79. The number of aryl methyl sites for hydroxylation is 1. The number of thiophene rings is 1. The minimum Gasteiger partial charge on any atom is -0.323 e. The van der Waals surface area contributed by atoms with Gasteiger partial charge in [0.1, 0.15) is 0 Å². The van der Waals surface area contributed by atoms with Crippen molar-refractivity contribution in [3.05, 3.63) is 21.9 Å². The highest BCUT2D eigenvalue weighted by Gasteiger charge is 2.26. The van der Waals surface area contributed by atoms with Crippen molar-refractivity contribution >= 4 is 23.7 Å². The highest BCUT2D eigenvalue weighted by molar-refractivity contribution is 7.12. The van der Waals surface area contributed by atoms with Crippen molar-refractivity contribution in [3.63, 3.8) is 0 Å². The van der Waals surface area contributed by atoms with Gasteiger partial charge in [-0.25, -0.2) is 0 Å². The van der Waals surface area contributed by atoms with Gasteiger partial charge < -0.3 is 5.73 Å². The quantitative estimate of drug-likeness (QED) is 0.809. The average Bonchev–Trinajstić information content (AvgIpc) is 2.31. The van der Waals surface area contributed by atoms with Crippen molar-refractivity contribution in [1.82, 2.24) is 0 Å². The fourth-order valence-electron chi connectivity index (χ4n) is 1.66. The van der Waals surface area contributed by atoms with Crippen LogP contribution in [-0.4, -0.2) is 0 Å². The molecule has 0 aliphatic heterocycles. The van der Waals surface area contributed by atoms with Crippen molar-refractivity contribution < 1.29 is 0 Å². The van der Waals surface area contributed by atoms with Crippen molar-refractivity contribution in [1.29, 1.82) is 0 Å². The third-order valence-corrected chi connectivity index (χ3v) is 3.85. The Hall–Kier alpha value is -0.0500. The molecule has 1 aliphatic carbocycles. The predicted molar refractivity (Wildman–Crippen MR) is 60.6 cm³/mol. The summed E-state index contributed by atoms with van der Waals surface area (Å²) in [4.78, 5) is 2.75. The molecule has 1 fully saturated rings. The zero-order valence-corrected chi connectivity index (χ0v) is 9.46. The Kier molecular flexibility index (Phi) is 3.77. The third kappa shape index (κ3) is 2.25. The fourth-order valence-corrected chi connectivity index (χ4v) is 2.64. The molecule has 3 heteroatoms. The SMILES string of the molecule is Cc1ccc([C@H](N)C2CCC2)s1.Cl. The van der Waals surface area contributed by atoms with Crippen molar-refractivity contribution in [2.24, 2.45) is 11.7 Å². The summed E-state index contributed by atoms with van der Waals surface area (Å²) >= 11 is 1.85. The highest BCUT2D eigenvalue weighted by atomic mass is 35.5. The topological polar surface area (TPSA) is 26.0 Å². The van der Waals surface area contributed by atoms with E-state index in [0.717, 1.165) is 5.92 Å². The van der Waals surface area contributed by atoms with Gasteiger partial charge in [-0.15, -0.1) is 23.7 Å². The molecule has 0 amide bonds. The summed E-state index contributed by atoms with van der Waals surface area (Å²) in [6.07, 6.45) is 4.04. The summed E-state index contributed by atoms with van der Waals surface area (Å²) in [7, 11) is 0. The molecule has 0 aromatic carbocycles. The van der Waals surface area contributed by atoms with Gasteiger partial charge in [0.25, 0.3) is 0 Å². The molecule has 2 N–H and O–H groups in total. The minimum absolute atomic E-state index is 0. The molecule has 0 unspecified atom stereocenters. The first-order valence-corrected chi connectivity index (χ1v) is 5.41. The van der Waals surface area contributed by atoms with Crippen LogP contribution in [0.2, 0.25) is 0 Å². The number of nitrogens with two attached hydrogens (primary N) is 1. The van der Waals surface area contributed by atoms with Crippen molar-refractivity contribution in [2.75, 3.05) is 0 Å². The van der Waals surface area contributed by atoms with E-state index >= 15 is 0 Å². The molecule has 2 rings (SSSR count). The van der Waals surface area contributed by atoms with Gasteiger partial charge in [-0.2, -0.15) is 0 Å². The van der Waals surface area contributed by atoms with E-state index in [-0.39, 0.29) is 12.4 Å². The van der Waals surface area contributed by atoms with Crippen molar-refractivity contribution in [3.8, 4) is 0 Å². The second-order valence-electron chi connectivity index (χ2n) is 3.67. The first-order valence-electron chi connectivity index (χ1n) is 4.59. The van der Waals surface area contributed by atoms with Gasteiger partial charge in [-0.1, -0.05) is 6.42 Å². The summed E-state index contributed by atoms with van der Waals surface area (Å²) < 4.78 is 0. The Balaban J connectivity index is 0.000000845. The van der Waals surface area contributed by atoms with Gasteiger partial charge >= 0.3 is 0 Å². The van der Waals surface area contributed by atoms with Crippen LogP contribution in [0.4, 0.5) is 0 Å². The normalized spacial score (nSPS) is 18.9. The van der Waals surface area contributed by atoms with E-state index in [1.807, 2.05) is 11.3 Å². The Bertz CT molecular complexity index is 268. The van der Waals surface area contributed by atoms with E-state index in [1.165, 1.54) is 29.0 Å². The Morgan fingerprint density at radius 3 is 2.54 bits per heavy atom. The molecule has 13 heavy (non-hydrogen) atoms. The molecule has 1 heterocycles. The monoisotopic (exact) mass is 217 g/mol. The van der Waals surface area contributed by atoms with Crippen LogP contribution in [-0.2, 0) is 0 Å². The Morgan fingerprint density at radius 1 is 1.46 bits per heavy atom. The zero-order valence-electron chi connectivity index (χ0n) is 7.82. The largest absolute Gasteiger partial charge is 0.323 e. The molecule has 0 bridgehead atoms. The van der Waals surface area contributed by atoms with Crippen LogP contribution >= 0.6 is 23.7 Å². The molecular formula is C10H16ClNS. The van der Waals surface area contributed by atoms with Gasteiger partial charge in [-0.3, -0.25) is 0 Å². The standard InChI is InChI=1S/C10H15NS.ClH/c1-7-5-6-9(12-7)10(11)8-3-2-4-8;/h5-6,8,10H,2-4,11H2,1H3;1H/t10-;/m1./s1. The lowest BCUT2D eigenvalue weighted by molar-refractivity contribution is 0.267. The first-order chi connectivity index (χ1) is 5.77. The minimum atomic E-state index is 0. The molecule has 1 atom stereocenters. The van der Waals surface area contributed by atoms with Crippen molar-refractivity contribution in [2.45, 2.75) is 32.2 Å². The summed E-state index contributed by atoms with van der Waals surface area (Å²) in [6.45, 7) is 2.14. The lowest BCUT2D eigenvalue weighted by Crippen LogP contribution is -2.25. The van der Waals surface area contributed by atoms with Gasteiger partial charge in [0.15, 0.2) is 0 Å². The van der Waals surface area contributed by atoms with Crippen LogP contribution in [0.1, 0.15) is 35.1 Å². The maximum atomic E-state index is 6.12. The summed E-state index contributed by atoms with van der Waals surface area (Å²) in [5, 5.41) is 0. The molecule has 0 saturated heterocycles. The van der Waals surface area contributed by atoms with Crippen LogP contribution in [0.5, 0.6) is 0 Å². The smallest absolute Gasteiger partial charge is 0.0418 e. The summed E-state index contributed by atoms with van der Waals surface area (Å²) in [5.74, 6) is 0.767. The van der Waals surface area contributed by atoms with E-state index in [4.69, 9.17) is 5.73 Å². The van der Waals surface area contributed by atoms with E-state index < -0.39 is 0 Å². The maximum absolute atomic E-state index is 6.12. The lowest BCUT2D eigenvalue weighted by Gasteiger charge is -2.30. The third-order valence-electron chi connectivity index (χ3n) is 2.75. The van der Waals surface area contributed by atoms with Crippen LogP contribution < -0.4 is 5.73 Å². The second kappa shape index (κ2) is 4.45. The van der Waals surface area contributed by atoms with Crippen LogP contribution in [0.25, 0.3) is 0 Å². The van der Waals surface area contributed by atoms with Gasteiger partial charge in [0, 0.05) is 15.8 Å². The number of halogens is 1. The van der Waals surface area contributed by atoms with Crippen LogP contribution in [0.15, 0.2) is 12.1 Å². The summed E-state index contributed by atoms with van der Waals surface area (Å²) in [6, 6.07) is 4.67. The van der Waals surface area contributed by atoms with Crippen LogP contribution in [0, 0.1) is 12.8 Å². The van der Waals surface area contributed by atoms with E-state index in [9.17, 15) is 0 Å². The van der Waals surface area contributed by atoms with Crippen LogP contribution in [0.3, 0.4) is 0 Å². The van der Waals surface area contributed by atoms with Gasteiger partial charge in [-0.05, 0) is 37.8 Å². The Morgan fingerprint density at radius 2 is 2.15 bits per heavy atom. The molecule has 1 saturated carbocycles.